The molecular formula is CH7NO2P2. The average Bonchev–Trinajstić information content (AvgIpc) is 1.35. The summed E-state index contributed by atoms with van der Waals surface area (Å²) in [6.45, 7) is -1.02. The van der Waals surface area contributed by atoms with E-state index in [0.717, 1.165) is 0 Å². The molecule has 0 aliphatic carbocycles. The van der Waals surface area contributed by atoms with E-state index in [2.05, 4.69) is 0 Å². The fraction of sp³-hybridized carbons (Fsp3) is 1.00. The summed E-state index contributed by atoms with van der Waals surface area (Å²) in [5, 5.41) is 9.49. The van der Waals surface area contributed by atoms with E-state index in [0.29, 0.717) is 0 Å². The van der Waals surface area contributed by atoms with E-state index >= 15 is 0 Å². The molecule has 5 heteroatoms. The summed E-state index contributed by atoms with van der Waals surface area (Å²) in [6.07, 6.45) is 0. The van der Waals surface area contributed by atoms with Gasteiger partial charge in [-0.05, 0) is 0 Å². The fourth-order valence-electron chi connectivity index (χ4n) is 0. The third-order valence-corrected chi connectivity index (χ3v) is 0.942. The third-order valence-electron chi connectivity index (χ3n) is 0.199. The second-order valence-corrected chi connectivity index (χ2v) is 6.23. The quantitative estimate of drug-likeness (QED) is 0.402. The van der Waals surface area contributed by atoms with Gasteiger partial charge in [-0.3, -0.25) is 0 Å². The van der Waals surface area contributed by atoms with Crippen LogP contribution in [0.3, 0.4) is 0 Å². The molecule has 0 spiro atoms. The van der Waals surface area contributed by atoms with E-state index in [4.69, 9.17) is 5.21 Å². The fourth-order valence-corrected chi connectivity index (χ4v) is 0. The van der Waals surface area contributed by atoms with Crippen LogP contribution >= 0.6 is 15.9 Å². The highest BCUT2D eigenvalue weighted by molar-refractivity contribution is 8.15. The molecule has 3 nitrogen and oxygen atoms in total. The normalized spacial score (nSPS) is 19.8. The Bertz CT molecular complexity index is 75.6. The Kier molecular flexibility index (Phi) is 2.23. The maximum Gasteiger partial charge on any atom is 0.180 e. The van der Waals surface area contributed by atoms with Crippen LogP contribution < -0.4 is 5.25 Å². The highest BCUT2D eigenvalue weighted by Crippen LogP contribution is 2.43. The zero-order chi connectivity index (χ0) is 5.21. The van der Waals surface area contributed by atoms with Crippen molar-refractivity contribution in [3.05, 3.63) is 0 Å². The lowest BCUT2D eigenvalue weighted by Gasteiger charge is -1.97. The minimum atomic E-state index is -2.42. The standard InChI is InChI=1S/CH7NO2P2/c1-6(4,5)2-3/h3H,5H2,1H3,(H,2,4). The van der Waals surface area contributed by atoms with Crippen LogP contribution in [0.1, 0.15) is 0 Å². The second-order valence-electron chi connectivity index (χ2n) is 1.09. The Morgan fingerprint density at radius 1 is 2.00 bits per heavy atom. The molecule has 0 aromatic rings. The van der Waals surface area contributed by atoms with Gasteiger partial charge in [0.05, 0.1) is 0 Å². The van der Waals surface area contributed by atoms with Crippen molar-refractivity contribution in [3.63, 3.8) is 0 Å². The Morgan fingerprint density at radius 2 is 2.17 bits per heavy atom. The lowest BCUT2D eigenvalue weighted by Crippen LogP contribution is -1.94. The van der Waals surface area contributed by atoms with E-state index in [9.17, 15) is 4.57 Å². The van der Waals surface area contributed by atoms with Crippen molar-refractivity contribution < 1.29 is 9.77 Å². The van der Waals surface area contributed by atoms with Crippen molar-refractivity contribution in [3.8, 4) is 0 Å². The van der Waals surface area contributed by atoms with Gasteiger partial charge in [0.2, 0.25) is 0 Å². The summed E-state index contributed by atoms with van der Waals surface area (Å²) < 4.78 is 10.2. The maximum absolute atomic E-state index is 10.2. The molecule has 0 rings (SSSR count). The zero-order valence-electron chi connectivity index (χ0n) is 3.38. The predicted octanol–water partition coefficient (Wildman–Crippen LogP) is 0.663. The van der Waals surface area contributed by atoms with Gasteiger partial charge in [-0.1, -0.05) is 8.93 Å². The molecule has 6 heavy (non-hydrogen) atoms. The maximum atomic E-state index is 10.2. The summed E-state index contributed by atoms with van der Waals surface area (Å²) in [7, 11) is 1.99. The number of rotatable bonds is 1. The molecule has 0 aliphatic heterocycles. The van der Waals surface area contributed by atoms with Crippen LogP contribution in [0.15, 0.2) is 0 Å². The first kappa shape index (κ1) is 6.58. The summed E-state index contributed by atoms with van der Waals surface area (Å²) in [6, 6.07) is 0. The van der Waals surface area contributed by atoms with Gasteiger partial charge in [0.25, 0.3) is 0 Å². The third kappa shape index (κ3) is 4.58. The summed E-state index contributed by atoms with van der Waals surface area (Å²) >= 11 is 0. The lowest BCUT2D eigenvalue weighted by atomic mass is 12.0. The highest BCUT2D eigenvalue weighted by atomic mass is 32.0. The molecule has 0 saturated carbocycles. The second kappa shape index (κ2) is 2.04. The van der Waals surface area contributed by atoms with Crippen LogP contribution in [0, 0.1) is 0 Å². The molecule has 2 unspecified atom stereocenters. The molecular weight excluding hydrogens is 120 g/mol. The van der Waals surface area contributed by atoms with Crippen LogP contribution in [0.2, 0.25) is 0 Å². The molecule has 0 bridgehead atoms. The van der Waals surface area contributed by atoms with Crippen LogP contribution in [0.25, 0.3) is 0 Å². The van der Waals surface area contributed by atoms with Gasteiger partial charge < -0.3 is 9.77 Å². The Labute approximate surface area is 38.6 Å². The first-order chi connectivity index (χ1) is 2.56. The van der Waals surface area contributed by atoms with Crippen molar-refractivity contribution in [2.75, 3.05) is 6.66 Å². The van der Waals surface area contributed by atoms with E-state index in [1.807, 2.05) is 8.93 Å². The van der Waals surface area contributed by atoms with Crippen LogP contribution in [-0.4, -0.2) is 11.9 Å². The molecule has 0 aromatic carbocycles. The first-order valence-corrected chi connectivity index (χ1v) is 5.11. The first-order valence-electron chi connectivity index (χ1n) is 1.34. The van der Waals surface area contributed by atoms with Crippen molar-refractivity contribution in [1.82, 2.24) is 5.25 Å². The van der Waals surface area contributed by atoms with Gasteiger partial charge >= 0.3 is 0 Å². The summed E-state index contributed by atoms with van der Waals surface area (Å²) in [5.74, 6) is 0. The SMILES string of the molecule is CP(=O)(P)NO. The van der Waals surface area contributed by atoms with E-state index < -0.39 is 6.98 Å². The number of hydrogen-bond donors (Lipinski definition) is 2. The largest absolute Gasteiger partial charge is 0.310 e. The Morgan fingerprint density at radius 3 is 2.17 bits per heavy atom. The molecule has 0 amide bonds. The smallest absolute Gasteiger partial charge is 0.180 e. The van der Waals surface area contributed by atoms with Gasteiger partial charge in [-0.15, -0.1) is 5.25 Å². The molecule has 38 valence electrons. The van der Waals surface area contributed by atoms with Crippen LogP contribution in [-0.2, 0) is 4.57 Å². The molecule has 0 fully saturated rings. The topological polar surface area (TPSA) is 49.3 Å². The Balaban J connectivity index is 3.48. The molecule has 2 N–H and O–H groups in total. The van der Waals surface area contributed by atoms with Crippen molar-refractivity contribution in [2.24, 2.45) is 0 Å². The Hall–Kier alpha value is 0.580. The van der Waals surface area contributed by atoms with Gasteiger partial charge in [0.1, 0.15) is 0 Å². The number of hydrogen-bond acceptors (Lipinski definition) is 2. The van der Waals surface area contributed by atoms with Crippen LogP contribution in [0.4, 0.5) is 0 Å². The monoisotopic (exact) mass is 127 g/mol. The molecule has 0 aromatic heterocycles. The molecule has 2 atom stereocenters. The van der Waals surface area contributed by atoms with E-state index in [1.54, 1.807) is 5.25 Å². The van der Waals surface area contributed by atoms with Crippen molar-refractivity contribution >= 4 is 15.9 Å². The average molecular weight is 127 g/mol. The minimum absolute atomic E-state index is 1.40. The van der Waals surface area contributed by atoms with Gasteiger partial charge in [0, 0.05) is 6.66 Å². The molecule has 0 aliphatic rings. The summed E-state index contributed by atoms with van der Waals surface area (Å²) in [5.41, 5.74) is 0. The molecule has 0 heterocycles. The zero-order valence-corrected chi connectivity index (χ0v) is 5.43. The van der Waals surface area contributed by atoms with Crippen molar-refractivity contribution in [1.29, 1.82) is 0 Å². The van der Waals surface area contributed by atoms with Crippen molar-refractivity contribution in [2.45, 2.75) is 0 Å². The van der Waals surface area contributed by atoms with E-state index in [-0.39, 0.29) is 0 Å². The van der Waals surface area contributed by atoms with E-state index in [1.165, 1.54) is 6.66 Å². The van der Waals surface area contributed by atoms with Gasteiger partial charge in [-0.25, -0.2) is 0 Å². The van der Waals surface area contributed by atoms with Crippen LogP contribution in [0.5, 0.6) is 0 Å². The predicted molar refractivity (Wildman–Crippen MR) is 28.2 cm³/mol. The molecule has 0 radical (unpaired) electrons. The highest BCUT2D eigenvalue weighted by Gasteiger charge is 1.99. The molecule has 0 saturated heterocycles. The lowest BCUT2D eigenvalue weighted by molar-refractivity contribution is 0.245. The minimum Gasteiger partial charge on any atom is -0.310 e. The van der Waals surface area contributed by atoms with Gasteiger partial charge in [0.15, 0.2) is 6.98 Å². The summed E-state index contributed by atoms with van der Waals surface area (Å²) in [4.78, 5) is 0. The number of nitrogens with one attached hydrogen (secondary N) is 1. The van der Waals surface area contributed by atoms with Gasteiger partial charge in [-0.2, -0.15) is 0 Å².